The van der Waals surface area contributed by atoms with E-state index in [1.807, 2.05) is 37.3 Å². The predicted molar refractivity (Wildman–Crippen MR) is 75.1 cm³/mol. The number of carbonyl (C=O) groups excluding carboxylic acids is 1. The van der Waals surface area contributed by atoms with Crippen LogP contribution < -0.4 is 4.74 Å². The molecule has 1 aromatic carbocycles. The number of aldehydes is 1. The summed E-state index contributed by atoms with van der Waals surface area (Å²) in [4.78, 5) is 15.5. The molecule has 0 amide bonds. The number of ether oxygens (including phenoxy) is 1. The van der Waals surface area contributed by atoms with Gasteiger partial charge in [0.2, 0.25) is 0 Å². The molecule has 0 bridgehead atoms. The first-order valence-electron chi connectivity index (χ1n) is 6.18. The van der Waals surface area contributed by atoms with Crippen molar-refractivity contribution in [3.63, 3.8) is 0 Å². The van der Waals surface area contributed by atoms with E-state index in [1.165, 1.54) is 0 Å². The van der Waals surface area contributed by atoms with E-state index in [2.05, 4.69) is 10.1 Å². The predicted octanol–water partition coefficient (Wildman–Crippen LogP) is 2.53. The van der Waals surface area contributed by atoms with Crippen LogP contribution in [0, 0.1) is 6.92 Å². The van der Waals surface area contributed by atoms with Gasteiger partial charge in [0.1, 0.15) is 5.75 Å². The van der Waals surface area contributed by atoms with Crippen LogP contribution in [0.5, 0.6) is 5.75 Å². The quantitative estimate of drug-likeness (QED) is 0.684. The number of benzene rings is 1. The fourth-order valence-electron chi connectivity index (χ4n) is 2.11. The number of nitrogens with zero attached hydrogens (tertiary/aromatic N) is 3. The van der Waals surface area contributed by atoms with E-state index in [0.717, 1.165) is 23.2 Å². The van der Waals surface area contributed by atoms with Gasteiger partial charge < -0.3 is 4.74 Å². The smallest absolute Gasteiger partial charge is 0.185 e. The molecule has 5 nitrogen and oxygen atoms in total. The number of para-hydroxylation sites is 1. The van der Waals surface area contributed by atoms with E-state index in [0.29, 0.717) is 17.0 Å². The molecule has 3 rings (SSSR count). The molecule has 0 aliphatic rings. The van der Waals surface area contributed by atoms with E-state index in [-0.39, 0.29) is 0 Å². The average Bonchev–Trinajstić information content (AvgIpc) is 2.88. The summed E-state index contributed by atoms with van der Waals surface area (Å²) in [5, 5.41) is 4.41. The van der Waals surface area contributed by atoms with Gasteiger partial charge in [-0.3, -0.25) is 4.79 Å². The number of aryl methyl sites for hydroxylation is 1. The third-order valence-corrected chi connectivity index (χ3v) is 3.19. The lowest BCUT2D eigenvalue weighted by Crippen LogP contribution is -1.94. The fourth-order valence-corrected chi connectivity index (χ4v) is 2.11. The van der Waals surface area contributed by atoms with Crippen molar-refractivity contribution < 1.29 is 9.53 Å². The van der Waals surface area contributed by atoms with Crippen LogP contribution in [0.4, 0.5) is 0 Å². The lowest BCUT2D eigenvalue weighted by atomic mass is 10.2. The van der Waals surface area contributed by atoms with Gasteiger partial charge in [0.25, 0.3) is 0 Å². The van der Waals surface area contributed by atoms with Crippen molar-refractivity contribution in [3.05, 3.63) is 47.7 Å². The van der Waals surface area contributed by atoms with Crippen molar-refractivity contribution in [3.8, 4) is 17.1 Å². The van der Waals surface area contributed by atoms with Gasteiger partial charge in [-0.05, 0) is 30.7 Å². The highest BCUT2D eigenvalue weighted by molar-refractivity contribution is 5.77. The summed E-state index contributed by atoms with van der Waals surface area (Å²) in [6.45, 7) is 1.88. The fraction of sp³-hybridized carbons (Fsp3) is 0.133. The van der Waals surface area contributed by atoms with Crippen LogP contribution in [0.2, 0.25) is 0 Å². The summed E-state index contributed by atoms with van der Waals surface area (Å²) >= 11 is 0. The van der Waals surface area contributed by atoms with Gasteiger partial charge in [0.05, 0.1) is 12.7 Å². The Morgan fingerprint density at radius 1 is 1.30 bits per heavy atom. The molecule has 0 unspecified atom stereocenters. The van der Waals surface area contributed by atoms with E-state index in [9.17, 15) is 4.79 Å². The number of fused-ring (bicyclic) bond motifs is 1. The van der Waals surface area contributed by atoms with Crippen molar-refractivity contribution in [1.29, 1.82) is 0 Å². The molecule has 0 atom stereocenters. The Morgan fingerprint density at radius 2 is 2.10 bits per heavy atom. The summed E-state index contributed by atoms with van der Waals surface area (Å²) in [6.07, 6.45) is 2.50. The van der Waals surface area contributed by atoms with Crippen molar-refractivity contribution in [1.82, 2.24) is 14.6 Å². The molecule has 2 aromatic heterocycles. The Morgan fingerprint density at radius 3 is 2.85 bits per heavy atom. The maximum absolute atomic E-state index is 11.0. The number of hydrogen-bond acceptors (Lipinski definition) is 4. The number of pyridine rings is 1. The molecule has 2 heterocycles. The molecule has 100 valence electrons. The van der Waals surface area contributed by atoms with Crippen LogP contribution in [0.25, 0.3) is 17.0 Å². The summed E-state index contributed by atoms with van der Waals surface area (Å²) in [7, 11) is 1.61. The molecule has 0 spiro atoms. The molecular weight excluding hydrogens is 254 g/mol. The largest absolute Gasteiger partial charge is 0.496 e. The zero-order chi connectivity index (χ0) is 14.1. The number of rotatable bonds is 3. The first-order valence-corrected chi connectivity index (χ1v) is 6.18. The average molecular weight is 267 g/mol. The third-order valence-electron chi connectivity index (χ3n) is 3.19. The van der Waals surface area contributed by atoms with Gasteiger partial charge in [0, 0.05) is 11.8 Å². The van der Waals surface area contributed by atoms with Gasteiger partial charge in [-0.1, -0.05) is 12.1 Å². The van der Waals surface area contributed by atoms with E-state index in [1.54, 1.807) is 17.8 Å². The second kappa shape index (κ2) is 4.77. The van der Waals surface area contributed by atoms with Crippen molar-refractivity contribution in [2.45, 2.75) is 6.92 Å². The minimum absolute atomic E-state index is 0.574. The Labute approximate surface area is 115 Å². The van der Waals surface area contributed by atoms with Crippen LogP contribution in [0.15, 0.2) is 36.5 Å². The van der Waals surface area contributed by atoms with Crippen LogP contribution in [-0.2, 0) is 0 Å². The Kier molecular flexibility index (Phi) is 2.95. The van der Waals surface area contributed by atoms with Crippen molar-refractivity contribution >= 4 is 11.9 Å². The summed E-state index contributed by atoms with van der Waals surface area (Å²) in [5.41, 5.74) is 3.01. The Bertz CT molecular complexity index is 793. The normalized spacial score (nSPS) is 10.7. The maximum atomic E-state index is 11.0. The summed E-state index contributed by atoms with van der Waals surface area (Å²) in [5.74, 6) is 1.29. The third kappa shape index (κ3) is 1.93. The zero-order valence-electron chi connectivity index (χ0n) is 11.2. The topological polar surface area (TPSA) is 56.5 Å². The second-order valence-electron chi connectivity index (χ2n) is 4.47. The number of hydrogen-bond donors (Lipinski definition) is 0. The van der Waals surface area contributed by atoms with Crippen molar-refractivity contribution in [2.24, 2.45) is 0 Å². The molecule has 0 aliphatic carbocycles. The molecule has 0 radical (unpaired) electrons. The zero-order valence-corrected chi connectivity index (χ0v) is 11.2. The second-order valence-corrected chi connectivity index (χ2v) is 4.47. The van der Waals surface area contributed by atoms with E-state index < -0.39 is 0 Å². The lowest BCUT2D eigenvalue weighted by Gasteiger charge is -2.03. The minimum atomic E-state index is 0.574. The molecule has 20 heavy (non-hydrogen) atoms. The number of carbonyl (C=O) groups is 1. The van der Waals surface area contributed by atoms with Crippen molar-refractivity contribution in [2.75, 3.05) is 7.11 Å². The monoisotopic (exact) mass is 267 g/mol. The minimum Gasteiger partial charge on any atom is -0.496 e. The molecule has 5 heteroatoms. The molecule has 0 N–H and O–H groups in total. The molecule has 0 saturated carbocycles. The van der Waals surface area contributed by atoms with Gasteiger partial charge in [-0.2, -0.15) is 0 Å². The lowest BCUT2D eigenvalue weighted by molar-refractivity contribution is 0.112. The van der Waals surface area contributed by atoms with Crippen LogP contribution >= 0.6 is 0 Å². The van der Waals surface area contributed by atoms with Gasteiger partial charge >= 0.3 is 0 Å². The molecule has 0 saturated heterocycles. The SMILES string of the molecule is COc1ccccc1-c1nc2cc(C)c(C=O)cn2n1. The maximum Gasteiger partial charge on any atom is 0.185 e. The molecule has 0 fully saturated rings. The van der Waals surface area contributed by atoms with Crippen LogP contribution in [-0.4, -0.2) is 28.0 Å². The summed E-state index contributed by atoms with van der Waals surface area (Å²) in [6, 6.07) is 9.41. The highest BCUT2D eigenvalue weighted by Gasteiger charge is 2.12. The van der Waals surface area contributed by atoms with Gasteiger partial charge in [-0.15, -0.1) is 5.10 Å². The molecule has 0 aliphatic heterocycles. The highest BCUT2D eigenvalue weighted by Crippen LogP contribution is 2.27. The molecular formula is C15H13N3O2. The standard InChI is InChI=1S/C15H13N3O2/c1-10-7-14-16-15(17-18(14)8-11(10)9-19)12-5-3-4-6-13(12)20-2/h3-9H,1-2H3. The Hall–Kier alpha value is -2.69. The Balaban J connectivity index is 2.20. The first kappa shape index (κ1) is 12.3. The number of aromatic nitrogens is 3. The highest BCUT2D eigenvalue weighted by atomic mass is 16.5. The van der Waals surface area contributed by atoms with Crippen LogP contribution in [0.1, 0.15) is 15.9 Å². The first-order chi connectivity index (χ1) is 9.72. The summed E-state index contributed by atoms with van der Waals surface area (Å²) < 4.78 is 6.93. The van der Waals surface area contributed by atoms with E-state index >= 15 is 0 Å². The van der Waals surface area contributed by atoms with Gasteiger partial charge in [0.15, 0.2) is 17.8 Å². The number of methoxy groups -OCH3 is 1. The van der Waals surface area contributed by atoms with Crippen LogP contribution in [0.3, 0.4) is 0 Å². The van der Waals surface area contributed by atoms with E-state index in [4.69, 9.17) is 4.74 Å². The molecule has 3 aromatic rings. The van der Waals surface area contributed by atoms with Gasteiger partial charge in [-0.25, -0.2) is 9.50 Å².